The Morgan fingerprint density at radius 3 is 2.24 bits per heavy atom. The number of nitrogens with zero attached hydrogens (tertiary/aromatic N) is 1. The molecule has 0 heterocycles. The molecule has 180 valence electrons. The molecule has 3 aromatic rings. The number of sulfonamides is 1. The molecule has 0 aliphatic rings. The van der Waals surface area contributed by atoms with E-state index in [9.17, 15) is 26.4 Å². The Bertz CT molecular complexity index is 1230. The van der Waals surface area contributed by atoms with Crippen LogP contribution in [0.5, 0.6) is 0 Å². The van der Waals surface area contributed by atoms with Gasteiger partial charge >= 0.3 is 6.18 Å². The van der Waals surface area contributed by atoms with Crippen LogP contribution >= 0.6 is 0 Å². The first-order valence-electron chi connectivity index (χ1n) is 10.6. The largest absolute Gasteiger partial charge is 0.416 e. The molecule has 0 unspecified atom stereocenters. The number of nitrogens with one attached hydrogen (secondary N) is 1. The molecule has 0 saturated heterocycles. The number of alkyl halides is 3. The molecule has 0 spiro atoms. The molecule has 5 nitrogen and oxygen atoms in total. The van der Waals surface area contributed by atoms with Gasteiger partial charge in [-0.05, 0) is 48.7 Å². The summed E-state index contributed by atoms with van der Waals surface area (Å²) in [6.07, 6.45) is -4.66. The molecule has 3 aromatic carbocycles. The Kier molecular flexibility index (Phi) is 7.66. The number of carbonyl (C=O) groups is 1. The van der Waals surface area contributed by atoms with E-state index in [1.807, 2.05) is 37.3 Å². The van der Waals surface area contributed by atoms with Crippen molar-refractivity contribution in [3.63, 3.8) is 0 Å². The molecule has 0 aromatic heterocycles. The number of amides is 1. The van der Waals surface area contributed by atoms with E-state index in [1.54, 1.807) is 19.1 Å². The van der Waals surface area contributed by atoms with Crippen molar-refractivity contribution < 1.29 is 26.4 Å². The third-order valence-electron chi connectivity index (χ3n) is 5.33. The molecule has 1 atom stereocenters. The molecule has 0 aliphatic carbocycles. The highest BCUT2D eigenvalue weighted by molar-refractivity contribution is 7.92. The molecule has 3 rings (SSSR count). The molecule has 1 amide bonds. The van der Waals surface area contributed by atoms with Crippen molar-refractivity contribution in [2.45, 2.75) is 30.8 Å². The Hall–Kier alpha value is -3.33. The number of aryl methyl sites for hydroxylation is 1. The summed E-state index contributed by atoms with van der Waals surface area (Å²) in [6.45, 7) is 3.26. The maximum absolute atomic E-state index is 13.4. The summed E-state index contributed by atoms with van der Waals surface area (Å²) in [4.78, 5) is 12.6. The van der Waals surface area contributed by atoms with E-state index < -0.39 is 34.2 Å². The maximum Gasteiger partial charge on any atom is 0.416 e. The minimum absolute atomic E-state index is 0.0409. The highest BCUT2D eigenvalue weighted by atomic mass is 32.2. The predicted octanol–water partition coefficient (Wildman–Crippen LogP) is 5.13. The molecular weight excluding hydrogens is 465 g/mol. The number of rotatable bonds is 8. The van der Waals surface area contributed by atoms with E-state index in [0.717, 1.165) is 29.3 Å². The third kappa shape index (κ3) is 6.17. The van der Waals surface area contributed by atoms with Gasteiger partial charge in [-0.25, -0.2) is 8.42 Å². The number of hydrogen-bond donors (Lipinski definition) is 1. The van der Waals surface area contributed by atoms with Crippen molar-refractivity contribution in [3.05, 3.63) is 95.6 Å². The molecule has 0 radical (unpaired) electrons. The molecule has 0 bridgehead atoms. The van der Waals surface area contributed by atoms with Crippen LogP contribution in [0.3, 0.4) is 0 Å². The Labute approximate surface area is 197 Å². The van der Waals surface area contributed by atoms with E-state index >= 15 is 0 Å². The Morgan fingerprint density at radius 2 is 1.62 bits per heavy atom. The van der Waals surface area contributed by atoms with Gasteiger partial charge in [0.05, 0.1) is 16.1 Å². The van der Waals surface area contributed by atoms with Gasteiger partial charge in [0.2, 0.25) is 5.91 Å². The predicted molar refractivity (Wildman–Crippen MR) is 125 cm³/mol. The van der Waals surface area contributed by atoms with Gasteiger partial charge in [-0.3, -0.25) is 9.10 Å². The molecule has 0 fully saturated rings. The van der Waals surface area contributed by atoms with Crippen LogP contribution in [-0.2, 0) is 21.0 Å². The van der Waals surface area contributed by atoms with Gasteiger partial charge in [0.25, 0.3) is 10.0 Å². The highest BCUT2D eigenvalue weighted by Crippen LogP contribution is 2.33. The summed E-state index contributed by atoms with van der Waals surface area (Å²) in [6, 6.07) is 19.3. The van der Waals surface area contributed by atoms with Crippen molar-refractivity contribution >= 4 is 21.6 Å². The molecule has 0 aliphatic heterocycles. The number of carbonyl (C=O) groups excluding carboxylic acids is 1. The van der Waals surface area contributed by atoms with Crippen LogP contribution in [0.15, 0.2) is 83.8 Å². The first-order valence-corrected chi connectivity index (χ1v) is 12.0. The maximum atomic E-state index is 13.4. The van der Waals surface area contributed by atoms with Crippen LogP contribution in [0.2, 0.25) is 0 Å². The fourth-order valence-corrected chi connectivity index (χ4v) is 4.76. The minimum Gasteiger partial charge on any atom is -0.354 e. The van der Waals surface area contributed by atoms with Gasteiger partial charge in [-0.2, -0.15) is 13.2 Å². The first-order chi connectivity index (χ1) is 16.0. The number of halogens is 3. The van der Waals surface area contributed by atoms with Gasteiger partial charge in [0, 0.05) is 6.54 Å². The molecule has 34 heavy (non-hydrogen) atoms. The summed E-state index contributed by atoms with van der Waals surface area (Å²) in [5.74, 6) is -0.670. The van der Waals surface area contributed by atoms with Crippen molar-refractivity contribution in [3.8, 4) is 0 Å². The van der Waals surface area contributed by atoms with Crippen molar-refractivity contribution in [1.82, 2.24) is 5.32 Å². The average Bonchev–Trinajstić information content (AvgIpc) is 2.81. The highest BCUT2D eigenvalue weighted by Gasteiger charge is 2.33. The smallest absolute Gasteiger partial charge is 0.354 e. The lowest BCUT2D eigenvalue weighted by molar-refractivity contribution is -0.137. The quantitative estimate of drug-likeness (QED) is 0.476. The van der Waals surface area contributed by atoms with Crippen molar-refractivity contribution in [2.24, 2.45) is 0 Å². The molecule has 9 heteroatoms. The van der Waals surface area contributed by atoms with Gasteiger partial charge in [-0.1, -0.05) is 61.0 Å². The molecular formula is C25H25F3N2O3S. The van der Waals surface area contributed by atoms with E-state index in [-0.39, 0.29) is 23.0 Å². The Balaban J connectivity index is 1.89. The molecule has 0 saturated carbocycles. The topological polar surface area (TPSA) is 66.5 Å². The fourth-order valence-electron chi connectivity index (χ4n) is 3.34. The van der Waals surface area contributed by atoms with Crippen LogP contribution in [0.4, 0.5) is 18.9 Å². The average molecular weight is 491 g/mol. The molecule has 1 N–H and O–H groups in total. The third-order valence-corrected chi connectivity index (χ3v) is 7.12. The van der Waals surface area contributed by atoms with Gasteiger partial charge in [-0.15, -0.1) is 0 Å². The van der Waals surface area contributed by atoms with Gasteiger partial charge in [0.15, 0.2) is 0 Å². The van der Waals surface area contributed by atoms with Gasteiger partial charge in [0.1, 0.15) is 6.54 Å². The van der Waals surface area contributed by atoms with E-state index in [2.05, 4.69) is 5.32 Å². The van der Waals surface area contributed by atoms with Crippen LogP contribution in [0.1, 0.15) is 29.5 Å². The van der Waals surface area contributed by atoms with Gasteiger partial charge < -0.3 is 5.32 Å². The number of benzene rings is 3. The Morgan fingerprint density at radius 1 is 0.971 bits per heavy atom. The summed E-state index contributed by atoms with van der Waals surface area (Å²) >= 11 is 0. The lowest BCUT2D eigenvalue weighted by Gasteiger charge is -2.25. The van der Waals surface area contributed by atoms with Crippen LogP contribution in [0, 0.1) is 6.92 Å². The van der Waals surface area contributed by atoms with E-state index in [0.29, 0.717) is 4.31 Å². The van der Waals surface area contributed by atoms with Crippen LogP contribution in [0.25, 0.3) is 0 Å². The van der Waals surface area contributed by atoms with Crippen molar-refractivity contribution in [1.29, 1.82) is 0 Å². The second kappa shape index (κ2) is 10.3. The standard InChI is InChI=1S/C25H25F3N2O3S/c1-18-11-13-23(14-12-18)34(32,33)30(22-10-6-9-21(15-22)25(26,27)28)17-24(31)29-16-19(2)20-7-4-3-5-8-20/h3-15,19H,16-17H2,1-2H3,(H,29,31)/t19-/m0/s1. The lowest BCUT2D eigenvalue weighted by atomic mass is 10.0. The zero-order valence-corrected chi connectivity index (χ0v) is 19.5. The lowest BCUT2D eigenvalue weighted by Crippen LogP contribution is -2.41. The van der Waals surface area contributed by atoms with Crippen molar-refractivity contribution in [2.75, 3.05) is 17.4 Å². The van der Waals surface area contributed by atoms with Crippen LogP contribution in [-0.4, -0.2) is 27.4 Å². The van der Waals surface area contributed by atoms with Crippen LogP contribution < -0.4 is 9.62 Å². The monoisotopic (exact) mass is 490 g/mol. The number of anilines is 1. The summed E-state index contributed by atoms with van der Waals surface area (Å²) < 4.78 is 67.3. The number of hydrogen-bond acceptors (Lipinski definition) is 3. The minimum atomic E-state index is -4.66. The second-order valence-electron chi connectivity index (χ2n) is 7.99. The first kappa shape index (κ1) is 25.3. The zero-order chi connectivity index (χ0) is 24.9. The zero-order valence-electron chi connectivity index (χ0n) is 18.7. The fraction of sp³-hybridized carbons (Fsp3) is 0.240. The SMILES string of the molecule is Cc1ccc(S(=O)(=O)N(CC(=O)NC[C@H](C)c2ccccc2)c2cccc(C(F)(F)F)c2)cc1. The summed E-state index contributed by atoms with van der Waals surface area (Å²) in [5.41, 5.74) is 0.552. The van der Waals surface area contributed by atoms with E-state index in [4.69, 9.17) is 0 Å². The summed E-state index contributed by atoms with van der Waals surface area (Å²) in [5, 5.41) is 2.69. The second-order valence-corrected chi connectivity index (χ2v) is 9.85. The normalized spacial score (nSPS) is 12.7. The summed E-state index contributed by atoms with van der Waals surface area (Å²) in [7, 11) is -4.31. The van der Waals surface area contributed by atoms with E-state index in [1.165, 1.54) is 18.2 Å².